The Kier molecular flexibility index (Phi) is 6.89. The van der Waals surface area contributed by atoms with Crippen molar-refractivity contribution < 1.29 is 9.13 Å². The second-order valence-corrected chi connectivity index (χ2v) is 6.18. The zero-order valence-electron chi connectivity index (χ0n) is 16.1. The molecule has 2 aromatic carbocycles. The lowest BCUT2D eigenvalue weighted by Crippen LogP contribution is -2.15. The summed E-state index contributed by atoms with van der Waals surface area (Å²) >= 11 is 0. The molecule has 138 valence electrons. The van der Waals surface area contributed by atoms with Crippen LogP contribution in [-0.4, -0.2) is 44.2 Å². The molecule has 0 unspecified atom stereocenters. The third-order valence-electron chi connectivity index (χ3n) is 4.21. The summed E-state index contributed by atoms with van der Waals surface area (Å²) in [5.41, 5.74) is 4.99. The first-order valence-corrected chi connectivity index (χ1v) is 8.64. The zero-order valence-corrected chi connectivity index (χ0v) is 16.1. The molecule has 0 bridgehead atoms. The van der Waals surface area contributed by atoms with Crippen molar-refractivity contribution >= 4 is 17.7 Å². The van der Waals surface area contributed by atoms with Crippen LogP contribution in [0.4, 0.5) is 10.1 Å². The molecule has 26 heavy (non-hydrogen) atoms. The van der Waals surface area contributed by atoms with E-state index in [1.165, 1.54) is 12.1 Å². The highest BCUT2D eigenvalue weighted by Gasteiger charge is 2.11. The van der Waals surface area contributed by atoms with Gasteiger partial charge in [-0.3, -0.25) is 4.99 Å². The van der Waals surface area contributed by atoms with Crippen LogP contribution in [0.3, 0.4) is 0 Å². The zero-order chi connectivity index (χ0) is 19.1. The summed E-state index contributed by atoms with van der Waals surface area (Å²) in [4.78, 5) is 11.0. The van der Waals surface area contributed by atoms with Crippen molar-refractivity contribution in [3.63, 3.8) is 0 Å². The van der Waals surface area contributed by atoms with Gasteiger partial charge in [0.25, 0.3) is 0 Å². The Morgan fingerprint density at radius 3 is 2.46 bits per heavy atom. The predicted octanol–water partition coefficient (Wildman–Crippen LogP) is 4.55. The monoisotopic (exact) mass is 355 g/mol. The molecule has 0 heterocycles. The third kappa shape index (κ3) is 5.15. The van der Waals surface area contributed by atoms with Gasteiger partial charge in [-0.2, -0.15) is 0 Å². The van der Waals surface area contributed by atoms with Gasteiger partial charge in [-0.15, -0.1) is 0 Å². The molecule has 0 aromatic heterocycles. The van der Waals surface area contributed by atoms with Crippen molar-refractivity contribution in [2.45, 2.75) is 20.8 Å². The van der Waals surface area contributed by atoms with E-state index in [0.717, 1.165) is 34.6 Å². The van der Waals surface area contributed by atoms with Crippen LogP contribution in [0.15, 0.2) is 46.4 Å². The minimum absolute atomic E-state index is 0.280. The number of rotatable bonds is 7. The standard InChI is InChI=1S/C21H26FN3O/c1-6-25(5)14-24-20-12-15(2)19(11-16(20)3)21(23-4)13-26-18-9-7-17(22)8-10-18/h7-12,14H,6,13H2,1-5H3. The number of nitrogens with zero attached hydrogens (tertiary/aromatic N) is 3. The van der Waals surface area contributed by atoms with Crippen molar-refractivity contribution in [1.29, 1.82) is 0 Å². The molecular formula is C21H26FN3O. The second kappa shape index (κ2) is 9.13. The first-order chi connectivity index (χ1) is 12.4. The molecule has 5 heteroatoms. The number of ether oxygens (including phenoxy) is 1. The summed E-state index contributed by atoms with van der Waals surface area (Å²) < 4.78 is 18.7. The smallest absolute Gasteiger partial charge is 0.130 e. The third-order valence-corrected chi connectivity index (χ3v) is 4.21. The van der Waals surface area contributed by atoms with E-state index in [2.05, 4.69) is 29.0 Å². The maximum Gasteiger partial charge on any atom is 0.130 e. The van der Waals surface area contributed by atoms with Gasteiger partial charge in [0.1, 0.15) is 18.2 Å². The molecule has 0 saturated heterocycles. The topological polar surface area (TPSA) is 37.2 Å². The summed E-state index contributed by atoms with van der Waals surface area (Å²) in [6.07, 6.45) is 1.84. The number of hydrogen-bond acceptors (Lipinski definition) is 3. The largest absolute Gasteiger partial charge is 0.487 e. The Hall–Kier alpha value is -2.69. The van der Waals surface area contributed by atoms with Crippen molar-refractivity contribution in [3.8, 4) is 5.75 Å². The highest BCUT2D eigenvalue weighted by Crippen LogP contribution is 2.24. The summed E-state index contributed by atoms with van der Waals surface area (Å²) in [5.74, 6) is 0.337. The fourth-order valence-electron chi connectivity index (χ4n) is 2.44. The highest BCUT2D eigenvalue weighted by atomic mass is 19.1. The molecule has 0 saturated carbocycles. The molecule has 0 atom stereocenters. The molecule has 0 radical (unpaired) electrons. The normalized spacial score (nSPS) is 11.8. The van der Waals surface area contributed by atoms with Gasteiger partial charge < -0.3 is 9.64 Å². The average Bonchev–Trinajstić information content (AvgIpc) is 2.64. The molecule has 0 aliphatic carbocycles. The van der Waals surface area contributed by atoms with Gasteiger partial charge in [-0.1, -0.05) is 0 Å². The van der Waals surface area contributed by atoms with E-state index in [1.807, 2.05) is 32.1 Å². The van der Waals surface area contributed by atoms with E-state index in [4.69, 9.17) is 4.74 Å². The van der Waals surface area contributed by atoms with Crippen LogP contribution >= 0.6 is 0 Å². The van der Waals surface area contributed by atoms with Crippen molar-refractivity contribution in [3.05, 3.63) is 58.9 Å². The number of aliphatic imine (C=N–C) groups is 2. The molecule has 0 aliphatic rings. The lowest BCUT2D eigenvalue weighted by molar-refractivity contribution is 0.376. The van der Waals surface area contributed by atoms with Gasteiger partial charge in [-0.05, 0) is 68.3 Å². The van der Waals surface area contributed by atoms with Gasteiger partial charge in [0, 0.05) is 26.2 Å². The maximum atomic E-state index is 13.0. The summed E-state index contributed by atoms with van der Waals surface area (Å²) in [6.45, 7) is 7.39. The van der Waals surface area contributed by atoms with E-state index in [9.17, 15) is 4.39 Å². The SMILES string of the molecule is CCN(C)C=Nc1cc(C)c(C(COc2ccc(F)cc2)=NC)cc1C. The first kappa shape index (κ1) is 19.6. The van der Waals surface area contributed by atoms with E-state index in [0.29, 0.717) is 12.4 Å². The Morgan fingerprint density at radius 2 is 1.85 bits per heavy atom. The number of benzene rings is 2. The molecular weight excluding hydrogens is 329 g/mol. The van der Waals surface area contributed by atoms with Gasteiger partial charge in [0.15, 0.2) is 0 Å². The van der Waals surface area contributed by atoms with Crippen molar-refractivity contribution in [2.75, 3.05) is 27.2 Å². The van der Waals surface area contributed by atoms with Crippen molar-refractivity contribution in [2.24, 2.45) is 9.98 Å². The molecule has 4 nitrogen and oxygen atoms in total. The van der Waals surface area contributed by atoms with Gasteiger partial charge in [-0.25, -0.2) is 9.38 Å². The molecule has 0 aliphatic heterocycles. The first-order valence-electron chi connectivity index (χ1n) is 8.64. The molecule has 2 aromatic rings. The summed E-state index contributed by atoms with van der Waals surface area (Å²) in [6, 6.07) is 10.1. The Labute approximate surface area is 155 Å². The van der Waals surface area contributed by atoms with Crippen LogP contribution < -0.4 is 4.74 Å². The fraction of sp³-hybridized carbons (Fsp3) is 0.333. The maximum absolute atomic E-state index is 13.0. The van der Waals surface area contributed by atoms with Crippen LogP contribution in [0.1, 0.15) is 23.6 Å². The molecule has 0 amide bonds. The summed E-state index contributed by atoms with van der Waals surface area (Å²) in [5, 5.41) is 0. The fourth-order valence-corrected chi connectivity index (χ4v) is 2.44. The Balaban J connectivity index is 2.18. The molecule has 0 N–H and O–H groups in total. The highest BCUT2D eigenvalue weighted by molar-refractivity contribution is 6.03. The van der Waals surface area contributed by atoms with E-state index >= 15 is 0 Å². The van der Waals surface area contributed by atoms with Crippen LogP contribution in [0, 0.1) is 19.7 Å². The lowest BCUT2D eigenvalue weighted by atomic mass is 10.00. The van der Waals surface area contributed by atoms with Crippen LogP contribution in [-0.2, 0) is 0 Å². The minimum Gasteiger partial charge on any atom is -0.487 e. The molecule has 0 fully saturated rings. The van der Waals surface area contributed by atoms with Gasteiger partial charge in [0.2, 0.25) is 0 Å². The quantitative estimate of drug-likeness (QED) is 0.540. The Bertz CT molecular complexity index is 798. The number of hydrogen-bond donors (Lipinski definition) is 0. The molecule has 0 spiro atoms. The summed E-state index contributed by atoms with van der Waals surface area (Å²) in [7, 11) is 3.75. The van der Waals surface area contributed by atoms with Crippen LogP contribution in [0.5, 0.6) is 5.75 Å². The molecule has 2 rings (SSSR count). The second-order valence-electron chi connectivity index (χ2n) is 6.18. The number of aryl methyl sites for hydroxylation is 2. The van der Waals surface area contributed by atoms with Crippen LogP contribution in [0.2, 0.25) is 0 Å². The average molecular weight is 355 g/mol. The lowest BCUT2D eigenvalue weighted by Gasteiger charge is -2.14. The van der Waals surface area contributed by atoms with Crippen molar-refractivity contribution in [1.82, 2.24) is 4.90 Å². The van der Waals surface area contributed by atoms with E-state index < -0.39 is 0 Å². The minimum atomic E-state index is -0.280. The predicted molar refractivity (Wildman–Crippen MR) is 107 cm³/mol. The van der Waals surface area contributed by atoms with Gasteiger partial charge >= 0.3 is 0 Å². The number of halogens is 1. The Morgan fingerprint density at radius 1 is 1.15 bits per heavy atom. The van der Waals surface area contributed by atoms with E-state index in [1.54, 1.807) is 19.2 Å². The van der Waals surface area contributed by atoms with E-state index in [-0.39, 0.29) is 5.82 Å². The van der Waals surface area contributed by atoms with Gasteiger partial charge in [0.05, 0.1) is 17.7 Å². The van der Waals surface area contributed by atoms with Crippen LogP contribution in [0.25, 0.3) is 0 Å².